The Hall–Kier alpha value is -2.54. The molecule has 0 saturated carbocycles. The SMILES string of the molecule is Cc1ncc(C(=O)NC2C=CS(=O)(=O)C2)c(-c2ccccc2)n1. The number of nitrogens with zero attached hydrogens (tertiary/aromatic N) is 2. The number of nitrogens with one attached hydrogen (secondary N) is 1. The van der Waals surface area contributed by atoms with Gasteiger partial charge in [-0.15, -0.1) is 0 Å². The van der Waals surface area contributed by atoms with Crippen LogP contribution >= 0.6 is 0 Å². The van der Waals surface area contributed by atoms with Gasteiger partial charge in [0.1, 0.15) is 5.82 Å². The van der Waals surface area contributed by atoms with Crippen LogP contribution in [0.15, 0.2) is 48.0 Å². The molecule has 6 nitrogen and oxygen atoms in total. The highest BCUT2D eigenvalue weighted by molar-refractivity contribution is 7.94. The molecule has 1 atom stereocenters. The summed E-state index contributed by atoms with van der Waals surface area (Å²) in [5, 5.41) is 3.82. The molecule has 3 rings (SSSR count). The third-order valence-corrected chi connectivity index (χ3v) is 4.84. The minimum atomic E-state index is -3.22. The fourth-order valence-corrected chi connectivity index (χ4v) is 3.60. The standard InChI is InChI=1S/C16H15N3O3S/c1-11-17-9-14(15(18-11)12-5-3-2-4-6-12)16(20)19-13-7-8-23(21,22)10-13/h2-9,13H,10H2,1H3,(H,19,20). The van der Waals surface area contributed by atoms with Crippen LogP contribution in [-0.2, 0) is 9.84 Å². The van der Waals surface area contributed by atoms with E-state index in [2.05, 4.69) is 15.3 Å². The lowest BCUT2D eigenvalue weighted by atomic mass is 10.1. The maximum absolute atomic E-state index is 12.5. The van der Waals surface area contributed by atoms with E-state index in [1.54, 1.807) is 6.92 Å². The number of hydrogen-bond donors (Lipinski definition) is 1. The van der Waals surface area contributed by atoms with Crippen molar-refractivity contribution in [2.45, 2.75) is 13.0 Å². The lowest BCUT2D eigenvalue weighted by Gasteiger charge is -2.13. The van der Waals surface area contributed by atoms with Crippen LogP contribution in [0.5, 0.6) is 0 Å². The van der Waals surface area contributed by atoms with Crippen LogP contribution in [0.2, 0.25) is 0 Å². The second kappa shape index (κ2) is 5.92. The first-order chi connectivity index (χ1) is 10.9. The normalized spacial score (nSPS) is 18.7. The number of aromatic nitrogens is 2. The molecule has 0 saturated heterocycles. The molecule has 2 aromatic rings. The largest absolute Gasteiger partial charge is 0.345 e. The summed E-state index contributed by atoms with van der Waals surface area (Å²) in [5.41, 5.74) is 1.65. The summed E-state index contributed by atoms with van der Waals surface area (Å²) >= 11 is 0. The molecule has 0 radical (unpaired) electrons. The summed E-state index contributed by atoms with van der Waals surface area (Å²) in [6.07, 6.45) is 2.94. The number of sulfone groups is 1. The number of hydrogen-bond acceptors (Lipinski definition) is 5. The molecule has 1 N–H and O–H groups in total. The molecule has 0 aliphatic carbocycles. The fourth-order valence-electron chi connectivity index (χ4n) is 2.36. The molecule has 23 heavy (non-hydrogen) atoms. The number of carbonyl (C=O) groups excluding carboxylic acids is 1. The fraction of sp³-hybridized carbons (Fsp3) is 0.188. The van der Waals surface area contributed by atoms with Crippen molar-refractivity contribution in [1.82, 2.24) is 15.3 Å². The molecule has 1 aliphatic heterocycles. The Labute approximate surface area is 134 Å². The monoisotopic (exact) mass is 329 g/mol. The van der Waals surface area contributed by atoms with Crippen molar-refractivity contribution < 1.29 is 13.2 Å². The minimum Gasteiger partial charge on any atom is -0.345 e. The molecule has 7 heteroatoms. The van der Waals surface area contributed by atoms with E-state index in [1.165, 1.54) is 12.3 Å². The van der Waals surface area contributed by atoms with Gasteiger partial charge in [0.25, 0.3) is 5.91 Å². The van der Waals surface area contributed by atoms with Gasteiger partial charge in [0, 0.05) is 17.2 Å². The number of carbonyl (C=O) groups is 1. The van der Waals surface area contributed by atoms with E-state index in [9.17, 15) is 13.2 Å². The highest BCUT2D eigenvalue weighted by Crippen LogP contribution is 2.21. The van der Waals surface area contributed by atoms with Gasteiger partial charge in [-0.2, -0.15) is 0 Å². The van der Waals surface area contributed by atoms with E-state index in [-0.39, 0.29) is 5.75 Å². The molecule has 118 valence electrons. The Kier molecular flexibility index (Phi) is 3.96. The molecular formula is C16H15N3O3S. The molecule has 0 bridgehead atoms. The lowest BCUT2D eigenvalue weighted by molar-refractivity contribution is 0.0947. The summed E-state index contributed by atoms with van der Waals surface area (Å²) in [5.74, 6) is 0.0471. The zero-order chi connectivity index (χ0) is 16.4. The van der Waals surface area contributed by atoms with E-state index in [4.69, 9.17) is 0 Å². The maximum Gasteiger partial charge on any atom is 0.255 e. The highest BCUT2D eigenvalue weighted by Gasteiger charge is 2.25. The smallest absolute Gasteiger partial charge is 0.255 e. The number of rotatable bonds is 3. The van der Waals surface area contributed by atoms with Gasteiger partial charge in [-0.25, -0.2) is 18.4 Å². The second-order valence-electron chi connectivity index (χ2n) is 5.28. The van der Waals surface area contributed by atoms with Crippen LogP contribution in [0.25, 0.3) is 11.3 Å². The van der Waals surface area contributed by atoms with Gasteiger partial charge in [-0.05, 0) is 13.0 Å². The van der Waals surface area contributed by atoms with E-state index in [1.807, 2.05) is 30.3 Å². The maximum atomic E-state index is 12.5. The van der Waals surface area contributed by atoms with E-state index < -0.39 is 21.8 Å². The zero-order valence-corrected chi connectivity index (χ0v) is 13.2. The highest BCUT2D eigenvalue weighted by atomic mass is 32.2. The van der Waals surface area contributed by atoms with E-state index in [0.717, 1.165) is 11.0 Å². The van der Waals surface area contributed by atoms with Gasteiger partial charge in [0.15, 0.2) is 9.84 Å². The van der Waals surface area contributed by atoms with Gasteiger partial charge in [0.2, 0.25) is 0 Å². The van der Waals surface area contributed by atoms with Crippen LogP contribution in [-0.4, -0.2) is 36.1 Å². The number of benzene rings is 1. The molecule has 1 unspecified atom stereocenters. The average Bonchev–Trinajstić information content (AvgIpc) is 2.86. The van der Waals surface area contributed by atoms with Crippen LogP contribution in [0.4, 0.5) is 0 Å². The van der Waals surface area contributed by atoms with Crippen molar-refractivity contribution in [3.63, 3.8) is 0 Å². The van der Waals surface area contributed by atoms with Crippen molar-refractivity contribution in [1.29, 1.82) is 0 Å². The lowest BCUT2D eigenvalue weighted by Crippen LogP contribution is -2.36. The second-order valence-corrected chi connectivity index (χ2v) is 7.21. The van der Waals surface area contributed by atoms with E-state index in [0.29, 0.717) is 17.1 Å². The molecule has 0 fully saturated rings. The number of amides is 1. The first kappa shape index (κ1) is 15.4. The zero-order valence-electron chi connectivity index (χ0n) is 12.4. The average molecular weight is 329 g/mol. The van der Waals surface area contributed by atoms with Crippen molar-refractivity contribution in [3.8, 4) is 11.3 Å². The van der Waals surface area contributed by atoms with Gasteiger partial charge < -0.3 is 5.32 Å². The molecular weight excluding hydrogens is 314 g/mol. The molecule has 1 aromatic carbocycles. The molecule has 1 aliphatic rings. The van der Waals surface area contributed by atoms with Crippen LogP contribution in [0, 0.1) is 6.92 Å². The Morgan fingerprint density at radius 2 is 2.00 bits per heavy atom. The Bertz CT molecular complexity index is 877. The van der Waals surface area contributed by atoms with Crippen LogP contribution in [0.3, 0.4) is 0 Å². The molecule has 1 aromatic heterocycles. The van der Waals surface area contributed by atoms with Crippen molar-refractivity contribution >= 4 is 15.7 Å². The summed E-state index contributed by atoms with van der Waals surface area (Å²) < 4.78 is 22.9. The summed E-state index contributed by atoms with van der Waals surface area (Å²) in [7, 11) is -3.22. The summed E-state index contributed by atoms with van der Waals surface area (Å²) in [6.45, 7) is 1.75. The first-order valence-corrected chi connectivity index (χ1v) is 8.77. The number of aryl methyl sites for hydroxylation is 1. The summed E-state index contributed by atoms with van der Waals surface area (Å²) in [4.78, 5) is 20.9. The topological polar surface area (TPSA) is 89.0 Å². The molecule has 2 heterocycles. The Morgan fingerprint density at radius 1 is 1.26 bits per heavy atom. The summed E-state index contributed by atoms with van der Waals surface area (Å²) in [6, 6.07) is 8.79. The minimum absolute atomic E-state index is 0.119. The van der Waals surface area contributed by atoms with Crippen molar-refractivity contribution in [2.24, 2.45) is 0 Å². The quantitative estimate of drug-likeness (QED) is 0.921. The molecule has 1 amide bonds. The third-order valence-electron chi connectivity index (χ3n) is 3.45. The van der Waals surface area contributed by atoms with Crippen LogP contribution in [0.1, 0.15) is 16.2 Å². The first-order valence-electron chi connectivity index (χ1n) is 7.05. The van der Waals surface area contributed by atoms with Crippen molar-refractivity contribution in [2.75, 3.05) is 5.75 Å². The van der Waals surface area contributed by atoms with Gasteiger partial charge in [-0.3, -0.25) is 4.79 Å². The van der Waals surface area contributed by atoms with Gasteiger partial charge in [-0.1, -0.05) is 30.3 Å². The third kappa shape index (κ3) is 3.45. The van der Waals surface area contributed by atoms with Gasteiger partial charge >= 0.3 is 0 Å². The van der Waals surface area contributed by atoms with Gasteiger partial charge in [0.05, 0.1) is 23.1 Å². The molecule has 0 spiro atoms. The van der Waals surface area contributed by atoms with Crippen LogP contribution < -0.4 is 5.32 Å². The van der Waals surface area contributed by atoms with E-state index >= 15 is 0 Å². The Morgan fingerprint density at radius 3 is 2.65 bits per heavy atom. The van der Waals surface area contributed by atoms with Crippen molar-refractivity contribution in [3.05, 3.63) is 59.4 Å². The predicted molar refractivity (Wildman–Crippen MR) is 86.4 cm³/mol. The predicted octanol–water partition coefficient (Wildman–Crippen LogP) is 1.49. The Balaban J connectivity index is 1.91.